The molecule has 108 valence electrons. The lowest BCUT2D eigenvalue weighted by molar-refractivity contribution is 0.394. The molecule has 0 saturated carbocycles. The van der Waals surface area contributed by atoms with E-state index in [2.05, 4.69) is 0 Å². The Morgan fingerprint density at radius 1 is 0.762 bits per heavy atom. The number of methoxy groups -OCH3 is 2. The molecule has 2 aromatic rings. The van der Waals surface area contributed by atoms with Crippen LogP contribution in [0.4, 0.5) is 0 Å². The van der Waals surface area contributed by atoms with Gasteiger partial charge in [0.15, 0.2) is 0 Å². The molecule has 2 rings (SSSR count). The maximum absolute atomic E-state index is 9.21. The van der Waals surface area contributed by atoms with Gasteiger partial charge < -0.3 is 14.6 Å². The normalized spacial score (nSPS) is 11.1. The number of aromatic hydroxyl groups is 1. The average Bonchev–Trinajstić information content (AvgIpc) is 2.53. The minimum Gasteiger partial charge on any atom is -0.508 e. The van der Waals surface area contributed by atoms with E-state index < -0.39 is 0 Å². The van der Waals surface area contributed by atoms with Crippen LogP contribution in [-0.4, -0.2) is 19.3 Å². The highest BCUT2D eigenvalue weighted by molar-refractivity contribution is 5.60. The third-order valence-corrected chi connectivity index (χ3v) is 2.96. The maximum atomic E-state index is 9.21. The molecule has 0 atom stereocenters. The molecule has 0 aromatic heterocycles. The van der Waals surface area contributed by atoms with Crippen LogP contribution in [-0.2, 0) is 0 Å². The first-order chi connectivity index (χ1) is 10.2. The Hall–Kier alpha value is -2.68. The smallest absolute Gasteiger partial charge is 0.123 e. The Labute approximate surface area is 124 Å². The molecule has 0 amide bonds. The molecule has 0 fully saturated rings. The largest absolute Gasteiger partial charge is 0.508 e. The van der Waals surface area contributed by atoms with Crippen LogP contribution in [0.15, 0.2) is 54.6 Å². The standard InChI is InChI=1S/C18H18O3/c1-20-17-11-15(12-18(13-17)21-2)6-4-3-5-14-7-9-16(19)10-8-14/h3-13,19H,1-2H3/b5-3+,6-4+. The van der Waals surface area contributed by atoms with Gasteiger partial charge in [0.05, 0.1) is 14.2 Å². The molecule has 1 N–H and O–H groups in total. The zero-order valence-electron chi connectivity index (χ0n) is 12.1. The van der Waals surface area contributed by atoms with Gasteiger partial charge in [-0.2, -0.15) is 0 Å². The molecule has 0 heterocycles. The van der Waals surface area contributed by atoms with Crippen LogP contribution in [0.25, 0.3) is 12.2 Å². The average molecular weight is 282 g/mol. The molecule has 0 aliphatic carbocycles. The molecule has 0 aliphatic rings. The lowest BCUT2D eigenvalue weighted by Gasteiger charge is -2.05. The van der Waals surface area contributed by atoms with Crippen LogP contribution < -0.4 is 9.47 Å². The predicted molar refractivity (Wildman–Crippen MR) is 85.7 cm³/mol. The highest BCUT2D eigenvalue weighted by atomic mass is 16.5. The second kappa shape index (κ2) is 7.20. The Morgan fingerprint density at radius 2 is 1.29 bits per heavy atom. The Morgan fingerprint density at radius 3 is 1.81 bits per heavy atom. The highest BCUT2D eigenvalue weighted by Crippen LogP contribution is 2.23. The van der Waals surface area contributed by atoms with Crippen molar-refractivity contribution >= 4 is 12.2 Å². The molecule has 0 radical (unpaired) electrons. The molecule has 3 heteroatoms. The first-order valence-electron chi connectivity index (χ1n) is 6.58. The summed E-state index contributed by atoms with van der Waals surface area (Å²) in [4.78, 5) is 0. The van der Waals surface area contributed by atoms with Crippen LogP contribution in [0.2, 0.25) is 0 Å². The van der Waals surface area contributed by atoms with Crippen molar-refractivity contribution in [1.29, 1.82) is 0 Å². The van der Waals surface area contributed by atoms with Gasteiger partial charge in [0.2, 0.25) is 0 Å². The topological polar surface area (TPSA) is 38.7 Å². The molecule has 0 saturated heterocycles. The highest BCUT2D eigenvalue weighted by Gasteiger charge is 1.98. The number of hydrogen-bond acceptors (Lipinski definition) is 3. The van der Waals surface area contributed by atoms with E-state index in [0.29, 0.717) is 0 Å². The molecule has 0 aliphatic heterocycles. The van der Waals surface area contributed by atoms with E-state index in [1.165, 1.54) is 0 Å². The van der Waals surface area contributed by atoms with Crippen LogP contribution in [0, 0.1) is 0 Å². The van der Waals surface area contributed by atoms with Crippen LogP contribution >= 0.6 is 0 Å². The minimum atomic E-state index is 0.270. The van der Waals surface area contributed by atoms with E-state index in [-0.39, 0.29) is 5.75 Å². The van der Waals surface area contributed by atoms with Crippen molar-refractivity contribution < 1.29 is 14.6 Å². The zero-order chi connectivity index (χ0) is 15.1. The Kier molecular flexibility index (Phi) is 5.04. The van der Waals surface area contributed by atoms with E-state index in [4.69, 9.17) is 9.47 Å². The summed E-state index contributed by atoms with van der Waals surface area (Å²) in [7, 11) is 3.26. The number of phenols is 1. The van der Waals surface area contributed by atoms with Gasteiger partial charge in [-0.3, -0.25) is 0 Å². The van der Waals surface area contributed by atoms with Crippen molar-refractivity contribution in [2.75, 3.05) is 14.2 Å². The van der Waals surface area contributed by atoms with Crippen LogP contribution in [0.5, 0.6) is 17.2 Å². The molecule has 21 heavy (non-hydrogen) atoms. The minimum absolute atomic E-state index is 0.270. The summed E-state index contributed by atoms with van der Waals surface area (Å²) in [5.41, 5.74) is 2.03. The number of benzene rings is 2. The quantitative estimate of drug-likeness (QED) is 0.838. The molecular weight excluding hydrogens is 264 g/mol. The second-order valence-electron chi connectivity index (χ2n) is 4.46. The van der Waals surface area contributed by atoms with Gasteiger partial charge in [0.1, 0.15) is 17.2 Å². The zero-order valence-corrected chi connectivity index (χ0v) is 12.1. The lowest BCUT2D eigenvalue weighted by Crippen LogP contribution is -1.87. The van der Waals surface area contributed by atoms with Gasteiger partial charge in [-0.1, -0.05) is 36.4 Å². The van der Waals surface area contributed by atoms with Crippen LogP contribution in [0.1, 0.15) is 11.1 Å². The summed E-state index contributed by atoms with van der Waals surface area (Å²) in [6.07, 6.45) is 7.83. The molecule has 0 unspecified atom stereocenters. The summed E-state index contributed by atoms with van der Waals surface area (Å²) in [6, 6.07) is 12.7. The molecule has 2 aromatic carbocycles. The number of rotatable bonds is 5. The molecular formula is C18H18O3. The molecule has 3 nitrogen and oxygen atoms in total. The summed E-state index contributed by atoms with van der Waals surface area (Å²) >= 11 is 0. The van der Waals surface area contributed by atoms with Crippen molar-refractivity contribution in [1.82, 2.24) is 0 Å². The van der Waals surface area contributed by atoms with Crippen molar-refractivity contribution in [2.45, 2.75) is 0 Å². The van der Waals surface area contributed by atoms with Crippen molar-refractivity contribution in [3.05, 3.63) is 65.7 Å². The fourth-order valence-electron chi connectivity index (χ4n) is 1.84. The fraction of sp³-hybridized carbons (Fsp3) is 0.111. The number of allylic oxidation sites excluding steroid dienone is 2. The van der Waals surface area contributed by atoms with Crippen molar-refractivity contribution in [2.24, 2.45) is 0 Å². The first kappa shape index (κ1) is 14.7. The number of hydrogen-bond donors (Lipinski definition) is 1. The Balaban J connectivity index is 2.08. The first-order valence-corrected chi connectivity index (χ1v) is 6.58. The monoisotopic (exact) mass is 282 g/mol. The SMILES string of the molecule is COc1cc(/C=C/C=C/c2ccc(O)cc2)cc(OC)c1. The Bertz CT molecular complexity index is 618. The van der Waals surface area contributed by atoms with E-state index in [1.54, 1.807) is 26.4 Å². The fourth-order valence-corrected chi connectivity index (χ4v) is 1.84. The van der Waals surface area contributed by atoms with E-state index in [1.807, 2.05) is 54.6 Å². The van der Waals surface area contributed by atoms with Gasteiger partial charge in [0.25, 0.3) is 0 Å². The molecule has 0 bridgehead atoms. The summed E-state index contributed by atoms with van der Waals surface area (Å²) in [5.74, 6) is 1.79. The predicted octanol–water partition coefficient (Wildman–Crippen LogP) is 4.14. The lowest BCUT2D eigenvalue weighted by atomic mass is 10.1. The van der Waals surface area contributed by atoms with Crippen molar-refractivity contribution in [3.63, 3.8) is 0 Å². The van der Waals surface area contributed by atoms with Crippen LogP contribution in [0.3, 0.4) is 0 Å². The number of ether oxygens (including phenoxy) is 2. The van der Waals surface area contributed by atoms with E-state index >= 15 is 0 Å². The third-order valence-electron chi connectivity index (χ3n) is 2.96. The van der Waals surface area contributed by atoms with Gasteiger partial charge in [0, 0.05) is 6.07 Å². The van der Waals surface area contributed by atoms with Gasteiger partial charge in [-0.05, 0) is 35.4 Å². The summed E-state index contributed by atoms with van der Waals surface area (Å²) in [5, 5.41) is 9.21. The third kappa shape index (κ3) is 4.42. The second-order valence-corrected chi connectivity index (χ2v) is 4.46. The summed E-state index contributed by atoms with van der Waals surface area (Å²) in [6.45, 7) is 0. The number of phenolic OH excluding ortho intramolecular Hbond substituents is 1. The molecule has 0 spiro atoms. The van der Waals surface area contributed by atoms with Gasteiger partial charge in [-0.25, -0.2) is 0 Å². The van der Waals surface area contributed by atoms with Gasteiger partial charge >= 0.3 is 0 Å². The maximum Gasteiger partial charge on any atom is 0.123 e. The van der Waals surface area contributed by atoms with E-state index in [0.717, 1.165) is 22.6 Å². The van der Waals surface area contributed by atoms with Crippen molar-refractivity contribution in [3.8, 4) is 17.2 Å². The van der Waals surface area contributed by atoms with E-state index in [9.17, 15) is 5.11 Å². The summed E-state index contributed by atoms with van der Waals surface area (Å²) < 4.78 is 10.5. The van der Waals surface area contributed by atoms with Gasteiger partial charge in [-0.15, -0.1) is 0 Å².